The minimum absolute atomic E-state index is 0.278. The molecule has 0 saturated heterocycles. The van der Waals surface area contributed by atoms with Crippen molar-refractivity contribution in [1.29, 1.82) is 0 Å². The molecule has 0 N–H and O–H groups in total. The molecule has 0 radical (unpaired) electrons. The van der Waals surface area contributed by atoms with E-state index in [1.165, 1.54) is 19.3 Å². The van der Waals surface area contributed by atoms with Crippen LogP contribution in [0.4, 0.5) is 0 Å². The van der Waals surface area contributed by atoms with Gasteiger partial charge in [0.2, 0.25) is 0 Å². The Morgan fingerprint density at radius 1 is 1.40 bits per heavy atom. The van der Waals surface area contributed by atoms with Crippen LogP contribution in [0.1, 0.15) is 39.5 Å². The molecule has 1 saturated carbocycles. The molecule has 1 rings (SSSR count). The maximum absolute atomic E-state index is 10.6. The van der Waals surface area contributed by atoms with Crippen LogP contribution < -0.4 is 0 Å². The summed E-state index contributed by atoms with van der Waals surface area (Å²) in [4.78, 5) is 10.6. The Morgan fingerprint density at radius 2 is 2.10 bits per heavy atom. The highest BCUT2D eigenvalue weighted by Gasteiger charge is 2.31. The standard InChI is InChI=1S/C9H16O/c1-9(2)6-4-3-5-8(9)7-10/h7-8H,3-6H2,1-2H3/t8-/m1/s1. The zero-order chi connectivity index (χ0) is 7.61. The van der Waals surface area contributed by atoms with Crippen LogP contribution in [0.25, 0.3) is 0 Å². The van der Waals surface area contributed by atoms with Gasteiger partial charge >= 0.3 is 0 Å². The van der Waals surface area contributed by atoms with Gasteiger partial charge in [0.15, 0.2) is 0 Å². The van der Waals surface area contributed by atoms with Gasteiger partial charge in [-0.2, -0.15) is 0 Å². The van der Waals surface area contributed by atoms with Crippen LogP contribution in [-0.2, 0) is 4.79 Å². The van der Waals surface area contributed by atoms with E-state index in [-0.39, 0.29) is 5.41 Å². The molecule has 0 bridgehead atoms. The van der Waals surface area contributed by atoms with E-state index in [9.17, 15) is 4.79 Å². The zero-order valence-corrected chi connectivity index (χ0v) is 6.89. The van der Waals surface area contributed by atoms with Gasteiger partial charge in [0.05, 0.1) is 0 Å². The van der Waals surface area contributed by atoms with Crippen molar-refractivity contribution >= 4 is 6.29 Å². The van der Waals surface area contributed by atoms with Gasteiger partial charge in [0.25, 0.3) is 0 Å². The van der Waals surface area contributed by atoms with Crippen molar-refractivity contribution in [2.45, 2.75) is 39.5 Å². The van der Waals surface area contributed by atoms with Gasteiger partial charge in [0.1, 0.15) is 6.29 Å². The quantitative estimate of drug-likeness (QED) is 0.511. The predicted molar refractivity (Wildman–Crippen MR) is 41.8 cm³/mol. The van der Waals surface area contributed by atoms with Crippen LogP contribution in [0.5, 0.6) is 0 Å². The van der Waals surface area contributed by atoms with Crippen LogP contribution in [0, 0.1) is 11.3 Å². The Bertz CT molecular complexity index is 127. The van der Waals surface area contributed by atoms with E-state index in [0.29, 0.717) is 5.92 Å². The summed E-state index contributed by atoms with van der Waals surface area (Å²) in [5.41, 5.74) is 0.278. The fourth-order valence-corrected chi connectivity index (χ4v) is 1.77. The summed E-state index contributed by atoms with van der Waals surface area (Å²) in [5.74, 6) is 0.321. The average Bonchev–Trinajstić information content (AvgIpc) is 1.87. The Labute approximate surface area is 62.8 Å². The van der Waals surface area contributed by atoms with Gasteiger partial charge in [-0.3, -0.25) is 0 Å². The SMILES string of the molecule is CC1(C)CCCC[C@@H]1C=O. The van der Waals surface area contributed by atoms with E-state index >= 15 is 0 Å². The first-order valence-corrected chi connectivity index (χ1v) is 4.12. The van der Waals surface area contributed by atoms with E-state index in [4.69, 9.17) is 0 Å². The Hall–Kier alpha value is -0.330. The minimum Gasteiger partial charge on any atom is -0.303 e. The first-order chi connectivity index (χ1) is 4.67. The number of carbonyl (C=O) groups excluding carboxylic acids is 1. The second kappa shape index (κ2) is 2.73. The van der Waals surface area contributed by atoms with Crippen LogP contribution in [0.2, 0.25) is 0 Å². The highest BCUT2D eigenvalue weighted by Crippen LogP contribution is 2.38. The fraction of sp³-hybridized carbons (Fsp3) is 0.889. The maximum Gasteiger partial charge on any atom is 0.123 e. The molecular weight excluding hydrogens is 124 g/mol. The molecule has 1 atom stereocenters. The average molecular weight is 140 g/mol. The van der Waals surface area contributed by atoms with Gasteiger partial charge in [-0.05, 0) is 18.3 Å². The van der Waals surface area contributed by atoms with Crippen molar-refractivity contribution in [3.8, 4) is 0 Å². The third kappa shape index (κ3) is 1.39. The normalized spacial score (nSPS) is 31.6. The molecule has 1 aliphatic rings. The molecule has 1 aliphatic carbocycles. The number of hydrogen-bond donors (Lipinski definition) is 0. The molecule has 58 valence electrons. The summed E-state index contributed by atoms with van der Waals surface area (Å²) < 4.78 is 0. The van der Waals surface area contributed by atoms with Crippen molar-refractivity contribution < 1.29 is 4.79 Å². The largest absolute Gasteiger partial charge is 0.303 e. The van der Waals surface area contributed by atoms with Gasteiger partial charge in [-0.25, -0.2) is 0 Å². The minimum atomic E-state index is 0.278. The molecule has 1 heteroatoms. The van der Waals surface area contributed by atoms with Crippen LogP contribution in [0.3, 0.4) is 0 Å². The lowest BCUT2D eigenvalue weighted by molar-refractivity contribution is -0.115. The second-order valence-electron chi connectivity index (χ2n) is 3.98. The van der Waals surface area contributed by atoms with E-state index in [1.54, 1.807) is 0 Å². The number of hydrogen-bond acceptors (Lipinski definition) is 1. The third-order valence-electron chi connectivity index (χ3n) is 2.75. The zero-order valence-electron chi connectivity index (χ0n) is 6.89. The molecule has 0 spiro atoms. The summed E-state index contributed by atoms with van der Waals surface area (Å²) in [6, 6.07) is 0. The summed E-state index contributed by atoms with van der Waals surface area (Å²) in [5, 5.41) is 0. The summed E-state index contributed by atoms with van der Waals surface area (Å²) in [6.45, 7) is 4.40. The van der Waals surface area contributed by atoms with Gasteiger partial charge < -0.3 is 4.79 Å². The number of aldehydes is 1. The highest BCUT2D eigenvalue weighted by molar-refractivity contribution is 5.55. The topological polar surface area (TPSA) is 17.1 Å². The molecular formula is C9H16O. The lowest BCUT2D eigenvalue weighted by Crippen LogP contribution is -2.28. The molecule has 1 nitrogen and oxygen atoms in total. The Morgan fingerprint density at radius 3 is 2.50 bits per heavy atom. The van der Waals surface area contributed by atoms with Crippen LogP contribution >= 0.6 is 0 Å². The Kier molecular flexibility index (Phi) is 2.12. The van der Waals surface area contributed by atoms with Crippen molar-refractivity contribution in [2.24, 2.45) is 11.3 Å². The maximum atomic E-state index is 10.6. The molecule has 0 aromatic carbocycles. The highest BCUT2D eigenvalue weighted by atomic mass is 16.1. The smallest absolute Gasteiger partial charge is 0.123 e. The monoisotopic (exact) mass is 140 g/mol. The first kappa shape index (κ1) is 7.77. The van der Waals surface area contributed by atoms with Gasteiger partial charge in [-0.1, -0.05) is 26.7 Å². The fourth-order valence-electron chi connectivity index (χ4n) is 1.77. The number of rotatable bonds is 1. The molecule has 0 aromatic heterocycles. The molecule has 0 heterocycles. The molecule has 0 amide bonds. The first-order valence-electron chi connectivity index (χ1n) is 4.12. The third-order valence-corrected chi connectivity index (χ3v) is 2.75. The van der Waals surface area contributed by atoms with Crippen molar-refractivity contribution in [3.05, 3.63) is 0 Å². The lowest BCUT2D eigenvalue weighted by atomic mass is 9.70. The van der Waals surface area contributed by atoms with E-state index in [2.05, 4.69) is 13.8 Å². The number of carbonyl (C=O) groups is 1. The Balaban J connectivity index is 2.59. The van der Waals surface area contributed by atoms with Crippen molar-refractivity contribution in [1.82, 2.24) is 0 Å². The van der Waals surface area contributed by atoms with Crippen molar-refractivity contribution in [3.63, 3.8) is 0 Å². The van der Waals surface area contributed by atoms with E-state index in [0.717, 1.165) is 12.7 Å². The summed E-state index contributed by atoms with van der Waals surface area (Å²) in [7, 11) is 0. The summed E-state index contributed by atoms with van der Waals surface area (Å²) >= 11 is 0. The molecule has 0 unspecified atom stereocenters. The van der Waals surface area contributed by atoms with Crippen LogP contribution in [-0.4, -0.2) is 6.29 Å². The van der Waals surface area contributed by atoms with Gasteiger partial charge in [0, 0.05) is 5.92 Å². The van der Waals surface area contributed by atoms with Crippen LogP contribution in [0.15, 0.2) is 0 Å². The predicted octanol–water partition coefficient (Wildman–Crippen LogP) is 2.40. The molecule has 0 aromatic rings. The van der Waals surface area contributed by atoms with Gasteiger partial charge in [-0.15, -0.1) is 0 Å². The molecule has 10 heavy (non-hydrogen) atoms. The van der Waals surface area contributed by atoms with E-state index in [1.807, 2.05) is 0 Å². The second-order valence-corrected chi connectivity index (χ2v) is 3.98. The molecule has 1 fully saturated rings. The van der Waals surface area contributed by atoms with E-state index < -0.39 is 0 Å². The van der Waals surface area contributed by atoms with Crippen molar-refractivity contribution in [2.75, 3.05) is 0 Å². The molecule has 0 aliphatic heterocycles. The summed E-state index contributed by atoms with van der Waals surface area (Å²) in [6.07, 6.45) is 6.01. The lowest BCUT2D eigenvalue weighted by Gasteiger charge is -2.34.